The van der Waals surface area contributed by atoms with Crippen LogP contribution in [0.2, 0.25) is 5.02 Å². The first-order valence-electron chi connectivity index (χ1n) is 6.92. The number of nitrogens with zero attached hydrogens (tertiary/aromatic N) is 3. The largest absolute Gasteiger partial charge is 0.465 e. The van der Waals surface area contributed by atoms with Crippen molar-refractivity contribution in [2.45, 2.75) is 33.2 Å². The quantitative estimate of drug-likeness (QED) is 0.864. The Morgan fingerprint density at radius 2 is 2.00 bits per heavy atom. The Morgan fingerprint density at radius 3 is 2.48 bits per heavy atom. The van der Waals surface area contributed by atoms with Gasteiger partial charge in [-0.05, 0) is 17.4 Å². The standard InChI is InChI=1S/C15H18ClN3O2/c1-14(2,3)12-15(8-19(12)13(20)21)4-9(5-15)11-17-6-10(16)7-18-11/h4,6-7,12H,5,8H2,1-3H3,(H,20,21). The lowest BCUT2D eigenvalue weighted by molar-refractivity contribution is -0.0837. The van der Waals surface area contributed by atoms with E-state index in [-0.39, 0.29) is 16.9 Å². The van der Waals surface area contributed by atoms with Gasteiger partial charge in [0.05, 0.1) is 11.1 Å². The summed E-state index contributed by atoms with van der Waals surface area (Å²) in [6.45, 7) is 6.80. The van der Waals surface area contributed by atoms with Crippen molar-refractivity contribution in [3.63, 3.8) is 0 Å². The average Bonchev–Trinajstić information content (AvgIpc) is 2.25. The molecule has 1 fully saturated rings. The molecule has 0 bridgehead atoms. The van der Waals surface area contributed by atoms with E-state index in [1.54, 1.807) is 12.4 Å². The number of rotatable bonds is 1. The van der Waals surface area contributed by atoms with Gasteiger partial charge in [0, 0.05) is 24.4 Å². The number of hydrogen-bond donors (Lipinski definition) is 1. The fourth-order valence-corrected chi connectivity index (χ4v) is 3.87. The van der Waals surface area contributed by atoms with Crippen molar-refractivity contribution in [1.29, 1.82) is 0 Å². The Kier molecular flexibility index (Phi) is 3.03. The van der Waals surface area contributed by atoms with Crippen molar-refractivity contribution in [2.24, 2.45) is 10.8 Å². The van der Waals surface area contributed by atoms with Crippen LogP contribution in [-0.4, -0.2) is 38.7 Å². The van der Waals surface area contributed by atoms with Crippen LogP contribution in [0.25, 0.3) is 5.57 Å². The molecule has 0 radical (unpaired) electrons. The number of halogens is 1. The number of hydrogen-bond acceptors (Lipinski definition) is 3. The second-order valence-corrected chi connectivity index (χ2v) is 7.42. The van der Waals surface area contributed by atoms with Crippen molar-refractivity contribution in [3.05, 3.63) is 29.3 Å². The maximum absolute atomic E-state index is 11.3. The highest BCUT2D eigenvalue weighted by Crippen LogP contribution is 2.58. The van der Waals surface area contributed by atoms with Gasteiger partial charge in [-0.15, -0.1) is 0 Å². The molecule has 1 N–H and O–H groups in total. The predicted molar refractivity (Wildman–Crippen MR) is 80.0 cm³/mol. The maximum atomic E-state index is 11.3. The molecule has 0 aromatic carbocycles. The van der Waals surface area contributed by atoms with E-state index in [4.69, 9.17) is 11.6 Å². The summed E-state index contributed by atoms with van der Waals surface area (Å²) in [6.07, 6.45) is 5.29. The lowest BCUT2D eigenvalue weighted by Gasteiger charge is -2.63. The van der Waals surface area contributed by atoms with E-state index < -0.39 is 6.09 Å². The lowest BCUT2D eigenvalue weighted by Crippen LogP contribution is -2.71. The molecule has 2 unspecified atom stereocenters. The first-order chi connectivity index (χ1) is 9.73. The third-order valence-electron chi connectivity index (χ3n) is 4.28. The van der Waals surface area contributed by atoms with Crippen LogP contribution >= 0.6 is 11.6 Å². The van der Waals surface area contributed by atoms with Crippen molar-refractivity contribution < 1.29 is 9.90 Å². The number of allylic oxidation sites excluding steroid dienone is 1. The molecular formula is C15H18ClN3O2. The van der Waals surface area contributed by atoms with Crippen molar-refractivity contribution >= 4 is 23.3 Å². The molecule has 1 saturated heterocycles. The zero-order valence-electron chi connectivity index (χ0n) is 12.3. The Bertz CT molecular complexity index is 621. The molecule has 2 atom stereocenters. The first-order valence-corrected chi connectivity index (χ1v) is 7.30. The highest BCUT2D eigenvalue weighted by molar-refractivity contribution is 6.30. The Hall–Kier alpha value is -1.62. The van der Waals surface area contributed by atoms with E-state index in [2.05, 4.69) is 36.8 Å². The summed E-state index contributed by atoms with van der Waals surface area (Å²) in [5.74, 6) is 0.687. The van der Waals surface area contributed by atoms with Gasteiger partial charge in [-0.1, -0.05) is 38.4 Å². The van der Waals surface area contributed by atoms with Crippen LogP contribution in [0.15, 0.2) is 18.5 Å². The summed E-state index contributed by atoms with van der Waals surface area (Å²) in [5.41, 5.74) is 0.917. The summed E-state index contributed by atoms with van der Waals surface area (Å²) in [4.78, 5) is 21.3. The number of likely N-dealkylation sites (tertiary alicyclic amines) is 1. The van der Waals surface area contributed by atoms with Gasteiger partial charge in [0.1, 0.15) is 0 Å². The van der Waals surface area contributed by atoms with E-state index in [1.807, 2.05) is 0 Å². The molecule has 6 heteroatoms. The minimum absolute atomic E-state index is 0.00134. The van der Waals surface area contributed by atoms with Gasteiger partial charge in [0.25, 0.3) is 0 Å². The van der Waals surface area contributed by atoms with Gasteiger partial charge in [-0.25, -0.2) is 14.8 Å². The van der Waals surface area contributed by atoms with Crippen molar-refractivity contribution in [1.82, 2.24) is 14.9 Å². The van der Waals surface area contributed by atoms with Crippen LogP contribution < -0.4 is 0 Å². The second-order valence-electron chi connectivity index (χ2n) is 6.98. The summed E-state index contributed by atoms with van der Waals surface area (Å²) in [7, 11) is 0. The van der Waals surface area contributed by atoms with E-state index >= 15 is 0 Å². The van der Waals surface area contributed by atoms with Gasteiger partial charge in [-0.3, -0.25) is 0 Å². The molecule has 2 aliphatic rings. The fourth-order valence-electron chi connectivity index (χ4n) is 3.77. The van der Waals surface area contributed by atoms with Gasteiger partial charge in [0.15, 0.2) is 5.82 Å². The molecule has 112 valence electrons. The molecule has 1 aromatic rings. The molecule has 0 saturated carbocycles. The second kappa shape index (κ2) is 4.44. The van der Waals surface area contributed by atoms with Crippen LogP contribution in [0.5, 0.6) is 0 Å². The topological polar surface area (TPSA) is 66.3 Å². The minimum Gasteiger partial charge on any atom is -0.465 e. The summed E-state index contributed by atoms with van der Waals surface area (Å²) in [5, 5.41) is 9.81. The van der Waals surface area contributed by atoms with Crippen LogP contribution in [0.4, 0.5) is 4.79 Å². The summed E-state index contributed by atoms with van der Waals surface area (Å²) in [6, 6.07) is -0.00134. The Labute approximate surface area is 128 Å². The van der Waals surface area contributed by atoms with Crippen LogP contribution in [-0.2, 0) is 0 Å². The highest BCUT2D eigenvalue weighted by Gasteiger charge is 2.61. The van der Waals surface area contributed by atoms with E-state index in [9.17, 15) is 9.90 Å². The Balaban J connectivity index is 1.85. The Morgan fingerprint density at radius 1 is 1.43 bits per heavy atom. The number of carboxylic acid groups (broad SMARTS) is 1. The smallest absolute Gasteiger partial charge is 0.407 e. The predicted octanol–water partition coefficient (Wildman–Crippen LogP) is 3.31. The molecule has 1 aliphatic heterocycles. The SMILES string of the molecule is CC(C)(C)C1N(C(=O)O)CC12C=C(c1ncc(Cl)cn1)C2. The number of aromatic nitrogens is 2. The molecule has 1 spiro atoms. The average molecular weight is 308 g/mol. The first kappa shape index (κ1) is 14.3. The van der Waals surface area contributed by atoms with Gasteiger partial charge in [0.2, 0.25) is 0 Å². The fraction of sp³-hybridized carbons (Fsp3) is 0.533. The van der Waals surface area contributed by atoms with E-state index in [0.29, 0.717) is 17.4 Å². The zero-order chi connectivity index (χ0) is 15.4. The number of amides is 1. The molecule has 1 aromatic heterocycles. The maximum Gasteiger partial charge on any atom is 0.407 e. The van der Waals surface area contributed by atoms with Crippen LogP contribution in [0, 0.1) is 10.8 Å². The minimum atomic E-state index is -0.842. The van der Waals surface area contributed by atoms with Gasteiger partial charge < -0.3 is 10.0 Å². The third-order valence-corrected chi connectivity index (χ3v) is 4.47. The molecule has 1 amide bonds. The molecule has 5 nitrogen and oxygen atoms in total. The van der Waals surface area contributed by atoms with E-state index in [0.717, 1.165) is 12.0 Å². The zero-order valence-corrected chi connectivity index (χ0v) is 13.1. The molecule has 3 rings (SSSR count). The molecule has 21 heavy (non-hydrogen) atoms. The molecule has 2 heterocycles. The lowest BCUT2D eigenvalue weighted by atomic mass is 9.54. The van der Waals surface area contributed by atoms with Crippen molar-refractivity contribution in [2.75, 3.05) is 6.54 Å². The number of carbonyl (C=O) groups is 1. The van der Waals surface area contributed by atoms with Crippen molar-refractivity contribution in [3.8, 4) is 0 Å². The monoisotopic (exact) mass is 307 g/mol. The molecule has 1 aliphatic carbocycles. The van der Waals surface area contributed by atoms with Crippen LogP contribution in [0.1, 0.15) is 33.0 Å². The molecular weight excluding hydrogens is 290 g/mol. The summed E-state index contributed by atoms with van der Waals surface area (Å²) < 4.78 is 0. The third kappa shape index (κ3) is 2.20. The van der Waals surface area contributed by atoms with Crippen LogP contribution in [0.3, 0.4) is 0 Å². The highest BCUT2D eigenvalue weighted by atomic mass is 35.5. The summed E-state index contributed by atoms with van der Waals surface area (Å²) >= 11 is 5.79. The van der Waals surface area contributed by atoms with E-state index in [1.165, 1.54) is 4.90 Å². The normalized spacial score (nSPS) is 27.9. The van der Waals surface area contributed by atoms with Gasteiger partial charge >= 0.3 is 6.09 Å². The van der Waals surface area contributed by atoms with Gasteiger partial charge in [-0.2, -0.15) is 0 Å².